The van der Waals surface area contributed by atoms with Gasteiger partial charge in [0.15, 0.2) is 0 Å². The Balaban J connectivity index is 2.04. The summed E-state index contributed by atoms with van der Waals surface area (Å²) < 4.78 is 5.36. The quantitative estimate of drug-likeness (QED) is 0.539. The fourth-order valence-electron chi connectivity index (χ4n) is 1.93. The predicted molar refractivity (Wildman–Crippen MR) is 41.1 cm³/mol. The first-order valence-corrected chi connectivity index (χ1v) is 4.42. The predicted octanol–water partition coefficient (Wildman–Crippen LogP) is 1.88. The highest BCUT2D eigenvalue weighted by Gasteiger charge is 2.45. The molecule has 1 saturated heterocycles. The van der Waals surface area contributed by atoms with Gasteiger partial charge in [-0.1, -0.05) is 0 Å². The van der Waals surface area contributed by atoms with Crippen LogP contribution in [0.2, 0.25) is 0 Å². The molecule has 1 aliphatic heterocycles. The van der Waals surface area contributed by atoms with Gasteiger partial charge < -0.3 is 4.74 Å². The Morgan fingerprint density at radius 3 is 2.82 bits per heavy atom. The molecule has 62 valence electrons. The summed E-state index contributed by atoms with van der Waals surface area (Å²) in [5.74, 6) is 0.678. The van der Waals surface area contributed by atoms with Crippen molar-refractivity contribution in [2.45, 2.75) is 44.6 Å². The summed E-state index contributed by atoms with van der Waals surface area (Å²) in [6.07, 6.45) is 5.23. The molecule has 2 aliphatic rings. The number of hydrogen-bond donors (Lipinski definition) is 0. The van der Waals surface area contributed by atoms with Gasteiger partial charge in [0.05, 0.1) is 0 Å². The normalized spacial score (nSPS) is 38.5. The van der Waals surface area contributed by atoms with Crippen LogP contribution >= 0.6 is 0 Å². The standard InChI is InChI=1S/C9H14O2/c1-9(7-4-5-7)6-2-3-8(10)11-9/h7H,2-6H2,1H3. The Morgan fingerprint density at radius 2 is 2.27 bits per heavy atom. The molecule has 2 nitrogen and oxygen atoms in total. The number of esters is 1. The minimum atomic E-state index is -0.0880. The molecule has 11 heavy (non-hydrogen) atoms. The third-order valence-electron chi connectivity index (χ3n) is 2.84. The van der Waals surface area contributed by atoms with Crippen LogP contribution in [0.25, 0.3) is 0 Å². The van der Waals surface area contributed by atoms with Gasteiger partial charge in [-0.25, -0.2) is 0 Å². The van der Waals surface area contributed by atoms with Gasteiger partial charge in [-0.15, -0.1) is 0 Å². The summed E-state index contributed by atoms with van der Waals surface area (Å²) in [7, 11) is 0. The van der Waals surface area contributed by atoms with Crippen molar-refractivity contribution >= 4 is 5.97 Å². The van der Waals surface area contributed by atoms with Crippen molar-refractivity contribution in [2.24, 2.45) is 5.92 Å². The topological polar surface area (TPSA) is 26.3 Å². The maximum absolute atomic E-state index is 11.0. The van der Waals surface area contributed by atoms with E-state index in [1.54, 1.807) is 0 Å². The Hall–Kier alpha value is -0.530. The fraction of sp³-hybridized carbons (Fsp3) is 0.889. The number of ether oxygens (including phenoxy) is 1. The Morgan fingerprint density at radius 1 is 1.55 bits per heavy atom. The van der Waals surface area contributed by atoms with E-state index in [1.807, 2.05) is 0 Å². The molecule has 0 bridgehead atoms. The molecule has 0 aromatic heterocycles. The lowest BCUT2D eigenvalue weighted by Gasteiger charge is -2.33. The second-order valence-corrected chi connectivity index (χ2v) is 3.91. The second-order valence-electron chi connectivity index (χ2n) is 3.91. The zero-order valence-corrected chi connectivity index (χ0v) is 6.93. The molecule has 0 aromatic rings. The van der Waals surface area contributed by atoms with Crippen molar-refractivity contribution in [3.8, 4) is 0 Å². The Bertz CT molecular complexity index is 184. The van der Waals surface area contributed by atoms with Gasteiger partial charge in [-0.05, 0) is 38.5 Å². The van der Waals surface area contributed by atoms with E-state index in [1.165, 1.54) is 12.8 Å². The molecule has 1 unspecified atom stereocenters. The molecule has 1 atom stereocenters. The average molecular weight is 154 g/mol. The minimum absolute atomic E-state index is 0.00523. The highest BCUT2D eigenvalue weighted by Crippen LogP contribution is 2.46. The first-order chi connectivity index (χ1) is 5.21. The van der Waals surface area contributed by atoms with E-state index in [0.29, 0.717) is 12.3 Å². The molecule has 0 spiro atoms. The van der Waals surface area contributed by atoms with Crippen LogP contribution in [-0.2, 0) is 9.53 Å². The van der Waals surface area contributed by atoms with Crippen LogP contribution in [0.4, 0.5) is 0 Å². The van der Waals surface area contributed by atoms with Gasteiger partial charge in [-0.3, -0.25) is 4.79 Å². The minimum Gasteiger partial charge on any atom is -0.459 e. The largest absolute Gasteiger partial charge is 0.459 e. The smallest absolute Gasteiger partial charge is 0.306 e. The van der Waals surface area contributed by atoms with Crippen molar-refractivity contribution in [3.05, 3.63) is 0 Å². The van der Waals surface area contributed by atoms with Crippen LogP contribution in [0, 0.1) is 5.92 Å². The molecule has 1 saturated carbocycles. The molecule has 1 aliphatic carbocycles. The van der Waals surface area contributed by atoms with Crippen LogP contribution < -0.4 is 0 Å². The van der Waals surface area contributed by atoms with Gasteiger partial charge in [0.25, 0.3) is 0 Å². The zero-order valence-electron chi connectivity index (χ0n) is 6.93. The number of cyclic esters (lactones) is 1. The van der Waals surface area contributed by atoms with E-state index in [4.69, 9.17) is 4.74 Å². The summed E-state index contributed by atoms with van der Waals surface area (Å²) in [5, 5.41) is 0. The van der Waals surface area contributed by atoms with Crippen LogP contribution in [0.5, 0.6) is 0 Å². The van der Waals surface area contributed by atoms with E-state index in [0.717, 1.165) is 12.8 Å². The van der Waals surface area contributed by atoms with Crippen LogP contribution in [0.3, 0.4) is 0 Å². The summed E-state index contributed by atoms with van der Waals surface area (Å²) >= 11 is 0. The maximum Gasteiger partial charge on any atom is 0.306 e. The number of rotatable bonds is 1. The van der Waals surface area contributed by atoms with Gasteiger partial charge in [0, 0.05) is 6.42 Å². The number of carbonyl (C=O) groups excluding carboxylic acids is 1. The fourth-order valence-corrected chi connectivity index (χ4v) is 1.93. The summed E-state index contributed by atoms with van der Waals surface area (Å²) in [5.41, 5.74) is -0.0880. The molecule has 0 amide bonds. The van der Waals surface area contributed by atoms with Crippen molar-refractivity contribution in [1.82, 2.24) is 0 Å². The molecular weight excluding hydrogens is 140 g/mol. The van der Waals surface area contributed by atoms with Gasteiger partial charge in [-0.2, -0.15) is 0 Å². The molecule has 2 heteroatoms. The van der Waals surface area contributed by atoms with Crippen LogP contribution in [0.1, 0.15) is 39.0 Å². The van der Waals surface area contributed by atoms with Gasteiger partial charge in [0.2, 0.25) is 0 Å². The molecule has 1 heterocycles. The first-order valence-electron chi connectivity index (χ1n) is 4.42. The van der Waals surface area contributed by atoms with Gasteiger partial charge >= 0.3 is 5.97 Å². The van der Waals surface area contributed by atoms with E-state index in [9.17, 15) is 4.79 Å². The van der Waals surface area contributed by atoms with Crippen LogP contribution in [-0.4, -0.2) is 11.6 Å². The van der Waals surface area contributed by atoms with Crippen LogP contribution in [0.15, 0.2) is 0 Å². The molecular formula is C9H14O2. The Labute approximate surface area is 66.9 Å². The number of carbonyl (C=O) groups is 1. The molecule has 2 rings (SSSR count). The van der Waals surface area contributed by atoms with E-state index >= 15 is 0 Å². The van der Waals surface area contributed by atoms with Crippen molar-refractivity contribution in [2.75, 3.05) is 0 Å². The Kier molecular flexibility index (Phi) is 1.44. The van der Waals surface area contributed by atoms with E-state index in [2.05, 4.69) is 6.92 Å². The van der Waals surface area contributed by atoms with E-state index in [-0.39, 0.29) is 11.6 Å². The molecule has 0 N–H and O–H groups in total. The van der Waals surface area contributed by atoms with E-state index < -0.39 is 0 Å². The third kappa shape index (κ3) is 1.26. The SMILES string of the molecule is CC1(C2CC2)CCCC(=O)O1. The maximum atomic E-state index is 11.0. The summed E-state index contributed by atoms with van der Waals surface area (Å²) in [4.78, 5) is 11.0. The highest BCUT2D eigenvalue weighted by molar-refractivity contribution is 5.70. The third-order valence-corrected chi connectivity index (χ3v) is 2.84. The van der Waals surface area contributed by atoms with Crippen molar-refractivity contribution in [1.29, 1.82) is 0 Å². The lowest BCUT2D eigenvalue weighted by atomic mass is 9.91. The average Bonchev–Trinajstić information content (AvgIpc) is 2.66. The highest BCUT2D eigenvalue weighted by atomic mass is 16.6. The van der Waals surface area contributed by atoms with Crippen molar-refractivity contribution in [3.63, 3.8) is 0 Å². The lowest BCUT2D eigenvalue weighted by molar-refractivity contribution is -0.167. The second kappa shape index (κ2) is 2.23. The zero-order chi connectivity index (χ0) is 7.90. The molecule has 0 aromatic carbocycles. The van der Waals surface area contributed by atoms with Gasteiger partial charge in [0.1, 0.15) is 5.60 Å². The monoisotopic (exact) mass is 154 g/mol. The number of hydrogen-bond acceptors (Lipinski definition) is 2. The summed E-state index contributed by atoms with van der Waals surface area (Å²) in [6, 6.07) is 0. The molecule has 0 radical (unpaired) electrons. The molecule has 2 fully saturated rings. The lowest BCUT2D eigenvalue weighted by Crippen LogP contribution is -2.37. The first kappa shape index (κ1) is 7.14. The summed E-state index contributed by atoms with van der Waals surface area (Å²) in [6.45, 7) is 2.09. The van der Waals surface area contributed by atoms with Crippen molar-refractivity contribution < 1.29 is 9.53 Å².